The van der Waals surface area contributed by atoms with E-state index in [0.29, 0.717) is 12.1 Å². The van der Waals surface area contributed by atoms with Gasteiger partial charge < -0.3 is 5.11 Å². The van der Waals surface area contributed by atoms with E-state index in [1.54, 1.807) is 12.3 Å². The monoisotopic (exact) mass is 266 g/mol. The SMILES string of the molecule is Cc1cccc(NCc2ccc(O)c3ncccc23)[nH+]1. The van der Waals surface area contributed by atoms with Crippen molar-refractivity contribution in [1.29, 1.82) is 0 Å². The zero-order valence-electron chi connectivity index (χ0n) is 11.2. The number of aromatic amines is 1. The first-order valence-corrected chi connectivity index (χ1v) is 6.52. The molecule has 0 atom stereocenters. The molecule has 0 saturated heterocycles. The van der Waals surface area contributed by atoms with Gasteiger partial charge in [-0.25, -0.2) is 4.98 Å². The van der Waals surface area contributed by atoms with Crippen LogP contribution in [0.25, 0.3) is 10.9 Å². The van der Waals surface area contributed by atoms with E-state index in [-0.39, 0.29) is 5.75 Å². The highest BCUT2D eigenvalue weighted by molar-refractivity contribution is 5.87. The lowest BCUT2D eigenvalue weighted by Crippen LogP contribution is -2.15. The molecule has 3 N–H and O–H groups in total. The lowest BCUT2D eigenvalue weighted by atomic mass is 10.1. The molecule has 2 heterocycles. The molecule has 4 nitrogen and oxygen atoms in total. The Morgan fingerprint density at radius 3 is 2.90 bits per heavy atom. The van der Waals surface area contributed by atoms with Gasteiger partial charge in [-0.15, -0.1) is 0 Å². The number of rotatable bonds is 3. The number of nitrogens with one attached hydrogen (secondary N) is 2. The fourth-order valence-corrected chi connectivity index (χ4v) is 2.25. The smallest absolute Gasteiger partial charge is 0.272 e. The quantitative estimate of drug-likeness (QED) is 0.766. The first-order chi connectivity index (χ1) is 9.74. The molecule has 4 heteroatoms. The Morgan fingerprint density at radius 2 is 2.05 bits per heavy atom. The standard InChI is InChI=1S/C16H15N3O/c1-11-4-2-6-15(19-11)18-10-12-7-8-14(20)16-13(12)5-3-9-17-16/h2-9,20H,10H2,1H3,(H,18,19)/p+1. The van der Waals surface area contributed by atoms with Crippen LogP contribution in [-0.4, -0.2) is 10.1 Å². The van der Waals surface area contributed by atoms with Gasteiger partial charge in [0.25, 0.3) is 5.82 Å². The summed E-state index contributed by atoms with van der Waals surface area (Å²) in [5.41, 5.74) is 2.84. The number of phenols is 1. The zero-order chi connectivity index (χ0) is 13.9. The number of nitrogens with zero attached hydrogens (tertiary/aromatic N) is 1. The van der Waals surface area contributed by atoms with Gasteiger partial charge in [0, 0.05) is 23.2 Å². The number of H-pyrrole nitrogens is 1. The molecular weight excluding hydrogens is 250 g/mol. The molecule has 2 aromatic heterocycles. The molecule has 3 rings (SSSR count). The predicted molar refractivity (Wildman–Crippen MR) is 78.5 cm³/mol. The van der Waals surface area contributed by atoms with Crippen molar-refractivity contribution >= 4 is 16.7 Å². The fourth-order valence-electron chi connectivity index (χ4n) is 2.25. The van der Waals surface area contributed by atoms with Gasteiger partial charge in [-0.3, -0.25) is 10.3 Å². The summed E-state index contributed by atoms with van der Waals surface area (Å²) in [6.07, 6.45) is 1.69. The Morgan fingerprint density at radius 1 is 1.15 bits per heavy atom. The van der Waals surface area contributed by atoms with Gasteiger partial charge in [-0.05, 0) is 25.1 Å². The summed E-state index contributed by atoms with van der Waals surface area (Å²) >= 11 is 0. The molecule has 100 valence electrons. The van der Waals surface area contributed by atoms with Crippen LogP contribution in [0, 0.1) is 6.92 Å². The van der Waals surface area contributed by atoms with E-state index in [9.17, 15) is 5.11 Å². The van der Waals surface area contributed by atoms with Crippen molar-refractivity contribution in [2.75, 3.05) is 5.32 Å². The van der Waals surface area contributed by atoms with Crippen LogP contribution in [0.3, 0.4) is 0 Å². The molecule has 0 aliphatic heterocycles. The van der Waals surface area contributed by atoms with E-state index in [2.05, 4.69) is 15.3 Å². The van der Waals surface area contributed by atoms with Crippen molar-refractivity contribution in [2.24, 2.45) is 0 Å². The molecular formula is C16H16N3O+. The molecule has 0 radical (unpaired) electrons. The second-order valence-electron chi connectivity index (χ2n) is 4.74. The van der Waals surface area contributed by atoms with Crippen LogP contribution in [0.1, 0.15) is 11.3 Å². The first kappa shape index (κ1) is 12.4. The predicted octanol–water partition coefficient (Wildman–Crippen LogP) is 2.68. The molecule has 20 heavy (non-hydrogen) atoms. The number of aromatic nitrogens is 2. The van der Waals surface area contributed by atoms with Crippen molar-refractivity contribution in [1.82, 2.24) is 4.98 Å². The Hall–Kier alpha value is -2.62. The number of pyridine rings is 2. The molecule has 0 spiro atoms. The van der Waals surface area contributed by atoms with Crippen molar-refractivity contribution in [3.05, 3.63) is 59.9 Å². The minimum Gasteiger partial charge on any atom is -0.506 e. The summed E-state index contributed by atoms with van der Waals surface area (Å²) in [5, 5.41) is 14.1. The van der Waals surface area contributed by atoms with Crippen molar-refractivity contribution in [2.45, 2.75) is 13.5 Å². The van der Waals surface area contributed by atoms with E-state index in [0.717, 1.165) is 22.5 Å². The average Bonchev–Trinajstić information content (AvgIpc) is 2.47. The van der Waals surface area contributed by atoms with Gasteiger partial charge in [-0.1, -0.05) is 18.2 Å². The van der Waals surface area contributed by atoms with Gasteiger partial charge >= 0.3 is 0 Å². The van der Waals surface area contributed by atoms with Crippen LogP contribution in [0.2, 0.25) is 0 Å². The molecule has 1 aromatic carbocycles. The Balaban J connectivity index is 1.90. The molecule has 0 aliphatic carbocycles. The Labute approximate surface area is 117 Å². The van der Waals surface area contributed by atoms with Crippen LogP contribution >= 0.6 is 0 Å². The number of aromatic hydroxyl groups is 1. The second kappa shape index (κ2) is 5.17. The van der Waals surface area contributed by atoms with Crippen molar-refractivity contribution in [3.63, 3.8) is 0 Å². The van der Waals surface area contributed by atoms with Crippen LogP contribution < -0.4 is 10.3 Å². The number of benzene rings is 1. The Bertz CT molecular complexity index is 756. The highest BCUT2D eigenvalue weighted by Gasteiger charge is 2.08. The minimum absolute atomic E-state index is 0.214. The van der Waals surface area contributed by atoms with Crippen LogP contribution in [0.5, 0.6) is 5.75 Å². The minimum atomic E-state index is 0.214. The number of aryl methyl sites for hydroxylation is 1. The number of fused-ring (bicyclic) bond motifs is 1. The van der Waals surface area contributed by atoms with E-state index in [1.807, 2.05) is 43.3 Å². The third kappa shape index (κ3) is 2.40. The van der Waals surface area contributed by atoms with E-state index in [1.165, 1.54) is 0 Å². The highest BCUT2D eigenvalue weighted by atomic mass is 16.3. The molecule has 0 fully saturated rings. The molecule has 0 saturated carbocycles. The van der Waals surface area contributed by atoms with E-state index in [4.69, 9.17) is 0 Å². The number of hydrogen-bond donors (Lipinski definition) is 2. The zero-order valence-corrected chi connectivity index (χ0v) is 11.2. The summed E-state index contributed by atoms with van der Waals surface area (Å²) in [4.78, 5) is 7.49. The molecule has 0 bridgehead atoms. The first-order valence-electron chi connectivity index (χ1n) is 6.52. The van der Waals surface area contributed by atoms with Crippen LogP contribution in [0.4, 0.5) is 5.82 Å². The molecule has 3 aromatic rings. The average molecular weight is 266 g/mol. The summed E-state index contributed by atoms with van der Waals surface area (Å²) in [6, 6.07) is 13.5. The maximum atomic E-state index is 9.83. The van der Waals surface area contributed by atoms with Gasteiger partial charge in [0.2, 0.25) is 0 Å². The normalized spacial score (nSPS) is 10.7. The number of phenolic OH excluding ortho intramolecular Hbond substituents is 1. The van der Waals surface area contributed by atoms with Crippen molar-refractivity contribution < 1.29 is 10.1 Å². The van der Waals surface area contributed by atoms with Crippen LogP contribution in [-0.2, 0) is 6.54 Å². The molecule has 0 aliphatic rings. The summed E-state index contributed by atoms with van der Waals surface area (Å²) in [6.45, 7) is 2.69. The highest BCUT2D eigenvalue weighted by Crippen LogP contribution is 2.25. The maximum Gasteiger partial charge on any atom is 0.272 e. The third-order valence-electron chi connectivity index (χ3n) is 3.25. The van der Waals surface area contributed by atoms with Gasteiger partial charge in [0.15, 0.2) is 0 Å². The van der Waals surface area contributed by atoms with E-state index >= 15 is 0 Å². The number of anilines is 1. The van der Waals surface area contributed by atoms with Crippen LogP contribution in [0.15, 0.2) is 48.7 Å². The molecule has 0 unspecified atom stereocenters. The summed E-state index contributed by atoms with van der Waals surface area (Å²) in [7, 11) is 0. The second-order valence-corrected chi connectivity index (χ2v) is 4.74. The van der Waals surface area contributed by atoms with Gasteiger partial charge in [0.05, 0.1) is 5.69 Å². The summed E-state index contributed by atoms with van der Waals surface area (Å²) < 4.78 is 0. The van der Waals surface area contributed by atoms with E-state index < -0.39 is 0 Å². The maximum absolute atomic E-state index is 9.83. The number of hydrogen-bond acceptors (Lipinski definition) is 3. The van der Waals surface area contributed by atoms with Gasteiger partial charge in [0.1, 0.15) is 17.8 Å². The molecule has 0 amide bonds. The topological polar surface area (TPSA) is 59.3 Å². The largest absolute Gasteiger partial charge is 0.506 e. The van der Waals surface area contributed by atoms with Crippen molar-refractivity contribution in [3.8, 4) is 5.75 Å². The van der Waals surface area contributed by atoms with Gasteiger partial charge in [-0.2, -0.15) is 0 Å². The summed E-state index contributed by atoms with van der Waals surface area (Å²) in [5.74, 6) is 1.18. The lowest BCUT2D eigenvalue weighted by molar-refractivity contribution is -0.371. The third-order valence-corrected chi connectivity index (χ3v) is 3.25. The lowest BCUT2D eigenvalue weighted by Gasteiger charge is -2.06. The Kier molecular flexibility index (Phi) is 3.21. The fraction of sp³-hybridized carbons (Fsp3) is 0.125.